The van der Waals surface area contributed by atoms with Gasteiger partial charge in [-0.3, -0.25) is 9.58 Å². The molecule has 18 heteroatoms. The Morgan fingerprint density at radius 2 is 1.77 bits per heavy atom. The molecule has 52 heavy (non-hydrogen) atoms. The molecule has 15 nitrogen and oxygen atoms in total. The quantitative estimate of drug-likeness (QED) is 0.139. The largest absolute Gasteiger partial charge is 0.487 e. The molecule has 2 fully saturated rings. The predicted octanol–water partition coefficient (Wildman–Crippen LogP) is 1.30. The lowest BCUT2D eigenvalue weighted by Gasteiger charge is -2.42. The van der Waals surface area contributed by atoms with Crippen molar-refractivity contribution in [3.05, 3.63) is 48.7 Å². The highest BCUT2D eigenvalue weighted by atomic mass is 16.5. The first-order valence-electron chi connectivity index (χ1n) is 18.3. The number of nitriles is 1. The fourth-order valence-corrected chi connectivity index (χ4v) is 6.90. The molecule has 6 rings (SSSR count). The zero-order chi connectivity index (χ0) is 36.7. The summed E-state index contributed by atoms with van der Waals surface area (Å²) in [7, 11) is 6.15. The number of hydrogen-bond donors (Lipinski definition) is 1. The van der Waals surface area contributed by atoms with Crippen LogP contribution in [0.3, 0.4) is 0 Å². The van der Waals surface area contributed by atoms with E-state index in [9.17, 15) is 5.26 Å². The minimum absolute atomic E-state index is 0.199. The number of aromatic nitrogens is 8. The van der Waals surface area contributed by atoms with Gasteiger partial charge in [-0.1, -0.05) is 6.07 Å². The molecular weight excluding hydrogens is 659 g/mol. The zero-order valence-electron chi connectivity index (χ0n) is 31.1. The summed E-state index contributed by atoms with van der Waals surface area (Å²) in [4.78, 5) is 11.9. The zero-order valence-corrected chi connectivity index (χ0v) is 31.1. The lowest BCUT2D eigenvalue weighted by molar-refractivity contribution is -0.0852. The van der Waals surface area contributed by atoms with Crippen LogP contribution in [0, 0.1) is 11.3 Å². The Morgan fingerprint density at radius 3 is 2.44 bits per heavy atom. The van der Waals surface area contributed by atoms with Crippen LogP contribution in [0.15, 0.2) is 43.1 Å². The van der Waals surface area contributed by atoms with Crippen LogP contribution in [-0.4, -0.2) is 124 Å². The summed E-state index contributed by atoms with van der Waals surface area (Å²) in [6, 6.07) is 8.48. The molecule has 0 amide bonds. The molecule has 1 aliphatic carbocycles. The second-order valence-electron chi connectivity index (χ2n) is 14.9. The molecule has 4 heterocycles. The Bertz CT molecular complexity index is 1760. The Labute approximate surface area is 308 Å². The van der Waals surface area contributed by atoms with E-state index in [1.54, 1.807) is 23.1 Å². The monoisotopic (exact) mass is 707 g/mol. The number of tetrazole rings is 1. The van der Waals surface area contributed by atoms with Crippen molar-refractivity contribution in [1.29, 1.82) is 5.26 Å². The highest BCUT2D eigenvalue weighted by molar-refractivity contribution is 6.58. The Morgan fingerprint density at radius 1 is 1.04 bits per heavy atom. The van der Waals surface area contributed by atoms with Gasteiger partial charge in [-0.15, -0.1) is 10.2 Å². The molecule has 1 saturated carbocycles. The standard InChI is InChI=1S/C34H48B3N11O4/c1-22-17-46(18-23(2)51-22)28-7-9-29(10-8-28)48-20-30(32(43-48)49-11-4-12-50-34(35,36)37)42-33-39-15-27(16-40-33)25-5-6-26(14-38)31(13-25)52-24(3)19-47-21-41-44-45-47/h5-6,13,15-16,20-24,28-29H,4,7-12,17-19,35-37H2,1-3H3,(H,39,40,42)/t22-,23+,24-,28-,29-/m0/s1. The highest BCUT2D eigenvalue weighted by Crippen LogP contribution is 2.35. The lowest BCUT2D eigenvalue weighted by Crippen LogP contribution is -2.51. The number of hydrogen-bond acceptors (Lipinski definition) is 13. The van der Waals surface area contributed by atoms with Gasteiger partial charge >= 0.3 is 0 Å². The van der Waals surface area contributed by atoms with E-state index >= 15 is 0 Å². The van der Waals surface area contributed by atoms with Crippen molar-refractivity contribution >= 4 is 35.2 Å². The Hall–Kier alpha value is -4.46. The third kappa shape index (κ3) is 10.1. The minimum Gasteiger partial charge on any atom is -0.487 e. The van der Waals surface area contributed by atoms with Crippen LogP contribution >= 0.6 is 0 Å². The van der Waals surface area contributed by atoms with Crippen molar-refractivity contribution in [2.45, 2.75) is 95.1 Å². The van der Waals surface area contributed by atoms with Crippen LogP contribution in [-0.2, 0) is 16.0 Å². The average Bonchev–Trinajstić information content (AvgIpc) is 3.77. The van der Waals surface area contributed by atoms with Crippen LogP contribution < -0.4 is 14.8 Å². The van der Waals surface area contributed by atoms with Gasteiger partial charge in [0, 0.05) is 50.1 Å². The van der Waals surface area contributed by atoms with Gasteiger partial charge in [-0.25, -0.2) is 14.6 Å². The molecule has 2 aliphatic rings. The summed E-state index contributed by atoms with van der Waals surface area (Å²) in [5.74, 6) is 1.41. The van der Waals surface area contributed by atoms with Crippen molar-refractivity contribution < 1.29 is 18.9 Å². The van der Waals surface area contributed by atoms with Crippen LogP contribution in [0.2, 0.25) is 0 Å². The minimum atomic E-state index is -0.274. The van der Waals surface area contributed by atoms with E-state index in [-0.39, 0.29) is 29.7 Å². The van der Waals surface area contributed by atoms with Gasteiger partial charge in [0.15, 0.2) is 0 Å². The molecular formula is C34H48B3N11O4. The number of ether oxygens (including phenoxy) is 4. The number of nitrogens with zero attached hydrogens (tertiary/aromatic N) is 10. The average molecular weight is 707 g/mol. The maximum atomic E-state index is 9.70. The molecule has 0 unspecified atom stereocenters. The third-order valence-corrected chi connectivity index (χ3v) is 9.26. The van der Waals surface area contributed by atoms with Gasteiger partial charge in [0.25, 0.3) is 5.88 Å². The first kappa shape index (κ1) is 37.3. The summed E-state index contributed by atoms with van der Waals surface area (Å²) in [6.45, 7) is 9.73. The van der Waals surface area contributed by atoms with E-state index in [4.69, 9.17) is 24.0 Å². The van der Waals surface area contributed by atoms with Gasteiger partial charge in [0.2, 0.25) is 5.95 Å². The summed E-state index contributed by atoms with van der Waals surface area (Å²) in [5, 5.41) is 29.0. The predicted molar refractivity (Wildman–Crippen MR) is 203 cm³/mol. The highest BCUT2D eigenvalue weighted by Gasteiger charge is 2.32. The molecule has 0 radical (unpaired) electrons. The molecule has 3 aromatic heterocycles. The van der Waals surface area contributed by atoms with Gasteiger partial charge in [-0.2, -0.15) is 5.26 Å². The van der Waals surface area contributed by atoms with Crippen LogP contribution in [0.1, 0.15) is 64.5 Å². The first-order valence-corrected chi connectivity index (χ1v) is 18.3. The Balaban J connectivity index is 1.13. The Kier molecular flexibility index (Phi) is 12.1. The topological polar surface area (TPSA) is 163 Å². The SMILES string of the molecule is BC(B)(B)OCCCOc1nn([C@H]2CC[C@H](N3C[C@@H](C)O[C@@H](C)C3)CC2)cc1Nc1ncc(-c2ccc(C#N)c(O[C@@H](C)Cn3cnnn3)c2)cn1. The summed E-state index contributed by atoms with van der Waals surface area (Å²) in [5.41, 5.74) is 2.74. The van der Waals surface area contributed by atoms with Crippen molar-refractivity contribution in [3.8, 4) is 28.8 Å². The molecule has 1 aromatic carbocycles. The van der Waals surface area contributed by atoms with Gasteiger partial charge < -0.3 is 24.3 Å². The van der Waals surface area contributed by atoms with Crippen molar-refractivity contribution in [2.24, 2.45) is 0 Å². The molecule has 0 spiro atoms. The number of anilines is 2. The maximum Gasteiger partial charge on any atom is 0.256 e. The van der Waals surface area contributed by atoms with Crippen LogP contribution in [0.4, 0.5) is 11.6 Å². The third-order valence-electron chi connectivity index (χ3n) is 9.26. The van der Waals surface area contributed by atoms with Crippen molar-refractivity contribution in [1.82, 2.24) is 44.9 Å². The van der Waals surface area contributed by atoms with Crippen LogP contribution in [0.25, 0.3) is 11.1 Å². The number of benzene rings is 1. The second kappa shape index (κ2) is 16.9. The lowest BCUT2D eigenvalue weighted by atomic mass is 9.52. The fourth-order valence-electron chi connectivity index (χ4n) is 6.90. The first-order chi connectivity index (χ1) is 25.0. The molecule has 1 aliphatic heterocycles. The van der Waals surface area contributed by atoms with Crippen molar-refractivity contribution in [3.63, 3.8) is 0 Å². The van der Waals surface area contributed by atoms with E-state index in [1.165, 1.54) is 6.33 Å². The summed E-state index contributed by atoms with van der Waals surface area (Å²) < 4.78 is 27.8. The molecule has 0 bridgehead atoms. The van der Waals surface area contributed by atoms with Crippen molar-refractivity contribution in [2.75, 3.05) is 31.6 Å². The van der Waals surface area contributed by atoms with Gasteiger partial charge in [0.1, 0.15) is 53.5 Å². The number of nitrogens with one attached hydrogen (secondary N) is 1. The van der Waals surface area contributed by atoms with E-state index in [0.29, 0.717) is 54.6 Å². The van der Waals surface area contributed by atoms with Gasteiger partial charge in [-0.05, 0) is 79.9 Å². The smallest absolute Gasteiger partial charge is 0.256 e. The van der Waals surface area contributed by atoms with E-state index in [0.717, 1.165) is 56.3 Å². The van der Waals surface area contributed by atoms with Gasteiger partial charge in [0.05, 0.1) is 43.2 Å². The fraction of sp³-hybridized carbons (Fsp3) is 0.559. The summed E-state index contributed by atoms with van der Waals surface area (Å²) >= 11 is 0. The maximum absolute atomic E-state index is 9.70. The molecule has 1 N–H and O–H groups in total. The number of rotatable bonds is 15. The molecule has 272 valence electrons. The van der Waals surface area contributed by atoms with E-state index in [2.05, 4.69) is 60.3 Å². The summed E-state index contributed by atoms with van der Waals surface area (Å²) in [6.07, 6.45) is 12.4. The molecule has 4 aromatic rings. The normalized spacial score (nSPS) is 21.7. The van der Waals surface area contributed by atoms with E-state index in [1.807, 2.05) is 48.8 Å². The number of morpholine rings is 1. The molecule has 3 atom stereocenters. The second-order valence-corrected chi connectivity index (χ2v) is 14.9. The molecule has 1 saturated heterocycles. The van der Waals surface area contributed by atoms with Crippen LogP contribution in [0.5, 0.6) is 11.6 Å². The van der Waals surface area contributed by atoms with E-state index < -0.39 is 0 Å².